The molecule has 0 unspecified atom stereocenters. The second kappa shape index (κ2) is 6.73. The molecule has 0 aromatic carbocycles. The minimum atomic E-state index is -0.398. The van der Waals surface area contributed by atoms with Crippen LogP contribution >= 0.6 is 0 Å². The maximum atomic E-state index is 12.4. The number of aromatic nitrogens is 2. The molecule has 1 saturated carbocycles. The zero-order chi connectivity index (χ0) is 15.5. The highest BCUT2D eigenvalue weighted by molar-refractivity contribution is 5.22. The summed E-state index contributed by atoms with van der Waals surface area (Å²) in [6, 6.07) is 0. The van der Waals surface area contributed by atoms with E-state index in [9.17, 15) is 4.79 Å². The Balaban J connectivity index is 2.48. The molecule has 0 atom stereocenters. The number of rotatable bonds is 4. The van der Waals surface area contributed by atoms with Crippen LogP contribution in [0.4, 0.5) is 0 Å². The van der Waals surface area contributed by atoms with Crippen molar-refractivity contribution in [1.29, 1.82) is 0 Å². The summed E-state index contributed by atoms with van der Waals surface area (Å²) >= 11 is 0. The van der Waals surface area contributed by atoms with Gasteiger partial charge in [-0.15, -0.1) is 0 Å². The molecule has 1 aliphatic rings. The number of aromatic amines is 1. The molecular formula is C17H28N2O2. The van der Waals surface area contributed by atoms with Gasteiger partial charge in [-0.25, -0.2) is 4.98 Å². The van der Waals surface area contributed by atoms with Crippen molar-refractivity contribution in [3.63, 3.8) is 0 Å². The summed E-state index contributed by atoms with van der Waals surface area (Å²) in [5.41, 5.74) is 1.23. The summed E-state index contributed by atoms with van der Waals surface area (Å²) in [6.45, 7) is 8.66. The summed E-state index contributed by atoms with van der Waals surface area (Å²) in [7, 11) is 0. The monoisotopic (exact) mass is 292 g/mol. The average molecular weight is 292 g/mol. The summed E-state index contributed by atoms with van der Waals surface area (Å²) in [5.74, 6) is 0.922. The van der Waals surface area contributed by atoms with E-state index in [2.05, 4.69) is 4.98 Å². The largest absolute Gasteiger partial charge is 0.367 e. The van der Waals surface area contributed by atoms with Gasteiger partial charge in [0.25, 0.3) is 5.56 Å². The van der Waals surface area contributed by atoms with Crippen molar-refractivity contribution in [3.05, 3.63) is 27.4 Å². The van der Waals surface area contributed by atoms with Gasteiger partial charge in [-0.2, -0.15) is 0 Å². The molecule has 1 heterocycles. The molecule has 0 amide bonds. The summed E-state index contributed by atoms with van der Waals surface area (Å²) in [5, 5.41) is 0. The molecule has 21 heavy (non-hydrogen) atoms. The topological polar surface area (TPSA) is 55.0 Å². The molecule has 1 aromatic rings. The molecule has 2 rings (SSSR count). The van der Waals surface area contributed by atoms with E-state index in [4.69, 9.17) is 9.72 Å². The minimum Gasteiger partial charge on any atom is -0.367 e. The molecule has 0 spiro atoms. The SMILES string of the molecule is CCOC1(c2nc(C)c(C(C)C)c(=O)[nH]2)CCCCCC1. The Hall–Kier alpha value is -1.16. The van der Waals surface area contributed by atoms with E-state index in [1.54, 1.807) is 0 Å². The van der Waals surface area contributed by atoms with Crippen LogP contribution < -0.4 is 5.56 Å². The normalized spacial score (nSPS) is 18.7. The Bertz CT molecular complexity index is 526. The maximum absolute atomic E-state index is 12.4. The second-order valence-electron chi connectivity index (χ2n) is 6.41. The molecule has 4 nitrogen and oxygen atoms in total. The standard InChI is InChI=1S/C17H28N2O2/c1-5-21-17(10-8-6-7-9-11-17)16-18-13(4)14(12(2)3)15(20)19-16/h12H,5-11H2,1-4H3,(H,18,19,20). The zero-order valence-corrected chi connectivity index (χ0v) is 13.8. The van der Waals surface area contributed by atoms with Crippen LogP contribution in [0.3, 0.4) is 0 Å². The predicted molar refractivity (Wildman–Crippen MR) is 84.7 cm³/mol. The Labute approximate surface area is 127 Å². The molecule has 0 bridgehead atoms. The molecule has 4 heteroatoms. The predicted octanol–water partition coefficient (Wildman–Crippen LogP) is 3.79. The molecule has 1 N–H and O–H groups in total. The van der Waals surface area contributed by atoms with Gasteiger partial charge >= 0.3 is 0 Å². The van der Waals surface area contributed by atoms with E-state index in [-0.39, 0.29) is 11.5 Å². The van der Waals surface area contributed by atoms with Crippen LogP contribution in [0.5, 0.6) is 0 Å². The van der Waals surface area contributed by atoms with Gasteiger partial charge in [-0.05, 0) is 32.6 Å². The minimum absolute atomic E-state index is 0.00387. The second-order valence-corrected chi connectivity index (χ2v) is 6.41. The van der Waals surface area contributed by atoms with Crippen LogP contribution in [0.25, 0.3) is 0 Å². The Kier molecular flexibility index (Phi) is 5.20. The van der Waals surface area contributed by atoms with Crippen molar-refractivity contribution in [3.8, 4) is 0 Å². The lowest BCUT2D eigenvalue weighted by atomic mass is 9.92. The van der Waals surface area contributed by atoms with Crippen molar-refractivity contribution in [2.24, 2.45) is 0 Å². The van der Waals surface area contributed by atoms with Crippen LogP contribution in [0, 0.1) is 6.92 Å². The van der Waals surface area contributed by atoms with E-state index in [1.807, 2.05) is 27.7 Å². The number of nitrogens with zero attached hydrogens (tertiary/aromatic N) is 1. The third-order valence-electron chi connectivity index (χ3n) is 4.49. The van der Waals surface area contributed by atoms with Gasteiger partial charge < -0.3 is 9.72 Å². The van der Waals surface area contributed by atoms with Gasteiger partial charge in [0.2, 0.25) is 0 Å². The van der Waals surface area contributed by atoms with Crippen LogP contribution in [0.1, 0.15) is 82.3 Å². The van der Waals surface area contributed by atoms with Crippen LogP contribution in [0.2, 0.25) is 0 Å². The number of hydrogen-bond donors (Lipinski definition) is 1. The summed E-state index contributed by atoms with van der Waals surface area (Å²) in [4.78, 5) is 20.2. The van der Waals surface area contributed by atoms with Crippen molar-refractivity contribution in [2.45, 2.75) is 77.7 Å². The highest BCUT2D eigenvalue weighted by atomic mass is 16.5. The van der Waals surface area contributed by atoms with Crippen molar-refractivity contribution in [1.82, 2.24) is 9.97 Å². The lowest BCUT2D eigenvalue weighted by molar-refractivity contribution is -0.0627. The van der Waals surface area contributed by atoms with E-state index >= 15 is 0 Å². The van der Waals surface area contributed by atoms with Gasteiger partial charge in [0.1, 0.15) is 11.4 Å². The van der Waals surface area contributed by atoms with Gasteiger partial charge in [0, 0.05) is 17.9 Å². The first-order valence-corrected chi connectivity index (χ1v) is 8.25. The fraction of sp³-hybridized carbons (Fsp3) is 0.765. The fourth-order valence-electron chi connectivity index (χ4n) is 3.52. The molecule has 118 valence electrons. The van der Waals surface area contributed by atoms with E-state index < -0.39 is 5.60 Å². The molecule has 0 saturated heterocycles. The van der Waals surface area contributed by atoms with Crippen molar-refractivity contribution >= 4 is 0 Å². The third kappa shape index (κ3) is 3.37. The Morgan fingerprint density at radius 1 is 1.24 bits per heavy atom. The molecule has 0 radical (unpaired) electrons. The fourth-order valence-corrected chi connectivity index (χ4v) is 3.52. The highest BCUT2D eigenvalue weighted by Crippen LogP contribution is 2.37. The Morgan fingerprint density at radius 3 is 2.33 bits per heavy atom. The van der Waals surface area contributed by atoms with Crippen molar-refractivity contribution < 1.29 is 4.74 Å². The van der Waals surface area contributed by atoms with Gasteiger partial charge in [0.15, 0.2) is 0 Å². The number of aryl methyl sites for hydroxylation is 1. The Morgan fingerprint density at radius 2 is 1.86 bits per heavy atom. The quantitative estimate of drug-likeness (QED) is 0.859. The van der Waals surface area contributed by atoms with Gasteiger partial charge in [-0.1, -0.05) is 39.5 Å². The lowest BCUT2D eigenvalue weighted by Gasteiger charge is -2.32. The van der Waals surface area contributed by atoms with Crippen LogP contribution in [-0.2, 0) is 10.3 Å². The number of hydrogen-bond acceptors (Lipinski definition) is 3. The summed E-state index contributed by atoms with van der Waals surface area (Å²) < 4.78 is 6.11. The molecular weight excluding hydrogens is 264 g/mol. The van der Waals surface area contributed by atoms with E-state index in [0.29, 0.717) is 6.61 Å². The molecule has 1 aliphatic carbocycles. The number of ether oxygens (including phenoxy) is 1. The lowest BCUT2D eigenvalue weighted by Crippen LogP contribution is -2.35. The van der Waals surface area contributed by atoms with Crippen LogP contribution in [-0.4, -0.2) is 16.6 Å². The first-order chi connectivity index (χ1) is 10.00. The first kappa shape index (κ1) is 16.2. The molecule has 1 fully saturated rings. The first-order valence-electron chi connectivity index (χ1n) is 8.25. The zero-order valence-electron chi connectivity index (χ0n) is 13.8. The van der Waals surface area contributed by atoms with Gasteiger partial charge in [0.05, 0.1) is 0 Å². The van der Waals surface area contributed by atoms with Gasteiger partial charge in [-0.3, -0.25) is 4.79 Å². The van der Waals surface area contributed by atoms with Crippen LogP contribution in [0.15, 0.2) is 4.79 Å². The molecule has 0 aliphatic heterocycles. The molecule has 1 aromatic heterocycles. The highest BCUT2D eigenvalue weighted by Gasteiger charge is 2.36. The number of nitrogens with one attached hydrogen (secondary N) is 1. The van der Waals surface area contributed by atoms with Crippen molar-refractivity contribution in [2.75, 3.05) is 6.61 Å². The number of H-pyrrole nitrogens is 1. The average Bonchev–Trinajstić information content (AvgIpc) is 2.64. The summed E-state index contributed by atoms with van der Waals surface area (Å²) in [6.07, 6.45) is 6.64. The third-order valence-corrected chi connectivity index (χ3v) is 4.49. The van der Waals surface area contributed by atoms with E-state index in [1.165, 1.54) is 12.8 Å². The van der Waals surface area contributed by atoms with E-state index in [0.717, 1.165) is 42.8 Å². The smallest absolute Gasteiger partial charge is 0.254 e. The maximum Gasteiger partial charge on any atom is 0.254 e.